The topological polar surface area (TPSA) is 0 Å². The van der Waals surface area contributed by atoms with Crippen molar-refractivity contribution in [2.24, 2.45) is 0 Å². The summed E-state index contributed by atoms with van der Waals surface area (Å²) in [7, 11) is 0. The van der Waals surface area contributed by atoms with Crippen LogP contribution in [0.15, 0.2) is 0 Å². The van der Waals surface area contributed by atoms with Gasteiger partial charge in [-0.1, -0.05) is 0 Å². The minimum absolute atomic E-state index is 6.52. The number of halogens is 8. The monoisotopic (exact) mass is 187 g/mol. The fourth-order valence-electron chi connectivity index (χ4n) is 0.186. The van der Waals surface area contributed by atoms with Crippen molar-refractivity contribution in [3.05, 3.63) is 0 Å². The van der Waals surface area contributed by atoms with Crippen molar-refractivity contribution >= 4 is 6.70 Å². The van der Waals surface area contributed by atoms with E-state index in [0.717, 1.165) is 0 Å². The summed E-state index contributed by atoms with van der Waals surface area (Å²) >= 11 is 0. The molecule has 0 rings (SSSR count). The Morgan fingerprint density at radius 2 is 0.818 bits per heavy atom. The lowest BCUT2D eigenvalue weighted by molar-refractivity contribution is -0.138. The number of alkyl halides is 6. The van der Waals surface area contributed by atoms with Crippen LogP contribution in [0.3, 0.4) is 0 Å². The summed E-state index contributed by atoms with van der Waals surface area (Å²) in [5.74, 6) is 0. The third kappa shape index (κ3) is 1.75. The van der Waals surface area contributed by atoms with E-state index in [9.17, 15) is 35.0 Å². The van der Waals surface area contributed by atoms with Crippen molar-refractivity contribution in [3.8, 4) is 0 Å². The van der Waals surface area contributed by atoms with Gasteiger partial charge in [-0.25, -0.2) is 26.3 Å². The van der Waals surface area contributed by atoms with E-state index >= 15 is 0 Å². The molecule has 0 heterocycles. The fraction of sp³-hybridized carbons (Fsp3) is 1.00. The molecule has 0 bridgehead atoms. The van der Waals surface area contributed by atoms with Crippen molar-refractivity contribution in [1.29, 1.82) is 0 Å². The van der Waals surface area contributed by atoms with Crippen molar-refractivity contribution in [2.75, 3.05) is 0 Å². The Kier molecular flexibility index (Phi) is 2.14. The van der Waals surface area contributed by atoms with Gasteiger partial charge in [-0.2, -0.15) is 0 Å². The lowest BCUT2D eigenvalue weighted by atomic mass is 9.63. The van der Waals surface area contributed by atoms with Crippen molar-refractivity contribution < 1.29 is 35.0 Å². The van der Waals surface area contributed by atoms with Crippen LogP contribution in [0.25, 0.3) is 0 Å². The summed E-state index contributed by atoms with van der Waals surface area (Å²) in [6.45, 7) is -7.29. The molecule has 68 valence electrons. The van der Waals surface area contributed by atoms with Gasteiger partial charge in [0.05, 0.1) is 0 Å². The van der Waals surface area contributed by atoms with Crippen LogP contribution in [-0.4, -0.2) is 18.9 Å². The zero-order chi connectivity index (χ0) is 9.50. The third-order valence-corrected chi connectivity index (χ3v) is 0.822. The zero-order valence-corrected chi connectivity index (χ0v) is 4.60. The lowest BCUT2D eigenvalue weighted by Crippen LogP contribution is -2.55. The lowest BCUT2D eigenvalue weighted by Gasteiger charge is -2.28. The first-order chi connectivity index (χ1) is 4.50. The highest BCUT2D eigenvalue weighted by Crippen LogP contribution is 2.42. The fourth-order valence-corrected chi connectivity index (χ4v) is 0.186. The van der Waals surface area contributed by atoms with Crippen molar-refractivity contribution in [1.82, 2.24) is 0 Å². The summed E-state index contributed by atoms with van der Waals surface area (Å²) in [6.07, 6.45) is -13.0. The molecule has 0 aromatic heterocycles. The second-order valence-corrected chi connectivity index (χ2v) is 1.75. The molecule has 0 aliphatic heterocycles. The Bertz CT molecular complexity index is 123. The number of hydrogen-bond acceptors (Lipinski definition) is 0. The number of rotatable bonds is 0. The van der Waals surface area contributed by atoms with E-state index in [1.54, 1.807) is 0 Å². The summed E-state index contributed by atoms with van der Waals surface area (Å²) in [5.41, 5.74) is 0. The average Bonchev–Trinajstić information content (AvgIpc) is 1.58. The highest BCUT2D eigenvalue weighted by atomic mass is 19.4. The predicted molar refractivity (Wildman–Crippen MR) is 20.1 cm³/mol. The molecule has 11 heavy (non-hydrogen) atoms. The molecule has 0 N–H and O–H groups in total. The molecule has 0 nitrogen and oxygen atoms in total. The highest BCUT2D eigenvalue weighted by Gasteiger charge is 2.68. The maximum atomic E-state index is 11.2. The van der Waals surface area contributed by atoms with E-state index in [0.29, 0.717) is 0 Å². The van der Waals surface area contributed by atoms with Crippen molar-refractivity contribution in [2.45, 2.75) is 12.2 Å². The van der Waals surface area contributed by atoms with Gasteiger partial charge in [0.25, 0.3) is 0 Å². The highest BCUT2D eigenvalue weighted by molar-refractivity contribution is 6.70. The minimum Gasteiger partial charge on any atom is -0.465 e. The normalized spacial score (nSPS) is 15.3. The van der Waals surface area contributed by atoms with E-state index in [1.165, 1.54) is 0 Å². The Hall–Kier alpha value is -0.495. The second-order valence-electron chi connectivity index (χ2n) is 1.75. The van der Waals surface area contributed by atoms with Gasteiger partial charge >= 0.3 is 18.9 Å². The van der Waals surface area contributed by atoms with Crippen molar-refractivity contribution in [3.63, 3.8) is 0 Å². The molecule has 0 saturated carbocycles. The van der Waals surface area contributed by atoms with E-state index in [-0.39, 0.29) is 0 Å². The molecular formula is C2BF8-. The zero-order valence-electron chi connectivity index (χ0n) is 4.60. The van der Waals surface area contributed by atoms with Crippen LogP contribution in [0.5, 0.6) is 0 Å². The predicted octanol–water partition coefficient (Wildman–Crippen LogP) is 2.57. The van der Waals surface area contributed by atoms with E-state index < -0.39 is 18.9 Å². The van der Waals surface area contributed by atoms with Gasteiger partial charge in [0, 0.05) is 0 Å². The van der Waals surface area contributed by atoms with Gasteiger partial charge in [0.15, 0.2) is 0 Å². The van der Waals surface area contributed by atoms with E-state index in [4.69, 9.17) is 0 Å². The Labute approximate surface area is 55.2 Å². The average molecular weight is 187 g/mol. The van der Waals surface area contributed by atoms with Gasteiger partial charge in [0.2, 0.25) is 0 Å². The summed E-state index contributed by atoms with van der Waals surface area (Å²) in [6, 6.07) is 0. The van der Waals surface area contributed by atoms with Gasteiger partial charge in [-0.05, 0) is 0 Å². The van der Waals surface area contributed by atoms with Crippen LogP contribution in [0, 0.1) is 0 Å². The molecule has 0 aromatic rings. The summed E-state index contributed by atoms with van der Waals surface area (Å²) in [4.78, 5) is 0. The molecule has 0 atom stereocenters. The first-order valence-corrected chi connectivity index (χ1v) is 2.15. The van der Waals surface area contributed by atoms with Crippen LogP contribution >= 0.6 is 0 Å². The summed E-state index contributed by atoms with van der Waals surface area (Å²) < 4.78 is 87.8. The first-order valence-electron chi connectivity index (χ1n) is 2.15. The Morgan fingerprint density at radius 1 is 0.636 bits per heavy atom. The third-order valence-electron chi connectivity index (χ3n) is 0.822. The number of hydrogen-bond donors (Lipinski definition) is 0. The largest absolute Gasteiger partial charge is 0.518 e. The molecule has 0 fully saturated rings. The van der Waals surface area contributed by atoms with Crippen LogP contribution in [0.1, 0.15) is 0 Å². The minimum atomic E-state index is -7.29. The first kappa shape index (κ1) is 10.5. The molecule has 0 aliphatic rings. The Morgan fingerprint density at radius 3 is 0.818 bits per heavy atom. The maximum absolute atomic E-state index is 11.2. The van der Waals surface area contributed by atoms with Gasteiger partial charge < -0.3 is 8.63 Å². The molecule has 0 unspecified atom stereocenters. The molecule has 0 amide bonds. The quantitative estimate of drug-likeness (QED) is 0.403. The smallest absolute Gasteiger partial charge is 0.465 e. The molecule has 0 radical (unpaired) electrons. The SMILES string of the molecule is F[B-](F)(C(F)(F)F)C(F)(F)F. The van der Waals surface area contributed by atoms with Gasteiger partial charge in [-0.15, -0.1) is 0 Å². The maximum Gasteiger partial charge on any atom is 0.518 e. The molecule has 0 saturated heterocycles. The second kappa shape index (κ2) is 2.24. The van der Waals surface area contributed by atoms with Crippen LogP contribution < -0.4 is 0 Å². The molecule has 9 heteroatoms. The van der Waals surface area contributed by atoms with E-state index in [1.807, 2.05) is 0 Å². The van der Waals surface area contributed by atoms with Gasteiger partial charge in [0.1, 0.15) is 0 Å². The van der Waals surface area contributed by atoms with E-state index in [2.05, 4.69) is 0 Å². The van der Waals surface area contributed by atoms with Crippen LogP contribution in [-0.2, 0) is 0 Å². The summed E-state index contributed by atoms with van der Waals surface area (Å²) in [5, 5.41) is 0. The van der Waals surface area contributed by atoms with Gasteiger partial charge in [-0.3, -0.25) is 0 Å². The van der Waals surface area contributed by atoms with Crippen LogP contribution in [0.2, 0.25) is 0 Å². The molecule has 0 aromatic carbocycles. The molecular weight excluding hydrogens is 187 g/mol. The Balaban J connectivity index is 4.75. The molecule has 0 aliphatic carbocycles. The standard InChI is InChI=1S/C2BF8/c4-1(5,6)3(10,11)2(7,8)9/q-1. The van der Waals surface area contributed by atoms with Crippen LogP contribution in [0.4, 0.5) is 35.0 Å². The molecule has 0 spiro atoms.